The van der Waals surface area contributed by atoms with Crippen molar-refractivity contribution in [3.05, 3.63) is 47.9 Å². The van der Waals surface area contributed by atoms with Crippen LogP contribution in [-0.2, 0) is 11.2 Å². The molecule has 0 saturated carbocycles. The van der Waals surface area contributed by atoms with E-state index in [9.17, 15) is 4.39 Å². The summed E-state index contributed by atoms with van der Waals surface area (Å²) in [5.74, 6) is 1.16. The van der Waals surface area contributed by atoms with Crippen LogP contribution in [0.2, 0.25) is 0 Å². The molecule has 1 saturated heterocycles. The molecule has 25 heavy (non-hydrogen) atoms. The number of benzene rings is 1. The molecule has 2 N–H and O–H groups in total. The topological polar surface area (TPSA) is 62.3 Å². The zero-order valence-corrected chi connectivity index (χ0v) is 14.2. The number of ether oxygens (including phenoxy) is 1. The van der Waals surface area contributed by atoms with E-state index < -0.39 is 0 Å². The van der Waals surface area contributed by atoms with Crippen molar-refractivity contribution in [2.75, 3.05) is 56.6 Å². The van der Waals surface area contributed by atoms with Crippen LogP contribution in [0, 0.1) is 5.82 Å². The van der Waals surface area contributed by atoms with Gasteiger partial charge in [-0.1, -0.05) is 18.2 Å². The van der Waals surface area contributed by atoms with Crippen LogP contribution in [0.4, 0.5) is 16.2 Å². The Morgan fingerprint density at radius 3 is 2.76 bits per heavy atom. The fraction of sp³-hybridized carbons (Fsp3) is 0.444. The third kappa shape index (κ3) is 5.65. The number of nitrogens with zero attached hydrogens (tertiary/aromatic N) is 3. The van der Waals surface area contributed by atoms with Gasteiger partial charge in [0.1, 0.15) is 11.6 Å². The van der Waals surface area contributed by atoms with Gasteiger partial charge in [0, 0.05) is 38.9 Å². The van der Waals surface area contributed by atoms with E-state index in [1.807, 2.05) is 12.1 Å². The Morgan fingerprint density at radius 1 is 1.08 bits per heavy atom. The predicted octanol–water partition coefficient (Wildman–Crippen LogP) is 2.01. The number of hydrogen-bond acceptors (Lipinski definition) is 6. The van der Waals surface area contributed by atoms with Gasteiger partial charge in [-0.15, -0.1) is 0 Å². The first-order chi connectivity index (χ1) is 12.3. The van der Waals surface area contributed by atoms with E-state index in [2.05, 4.69) is 25.5 Å². The van der Waals surface area contributed by atoms with Gasteiger partial charge in [-0.25, -0.2) is 9.37 Å². The summed E-state index contributed by atoms with van der Waals surface area (Å²) in [5, 5.41) is 6.46. The Hall–Kier alpha value is -2.25. The van der Waals surface area contributed by atoms with Crippen LogP contribution in [0.3, 0.4) is 0 Å². The average molecular weight is 345 g/mol. The minimum absolute atomic E-state index is 0.177. The van der Waals surface area contributed by atoms with E-state index in [0.717, 1.165) is 45.2 Å². The van der Waals surface area contributed by atoms with Gasteiger partial charge in [0.15, 0.2) is 0 Å². The fourth-order valence-corrected chi connectivity index (χ4v) is 2.72. The van der Waals surface area contributed by atoms with Crippen LogP contribution in [0.15, 0.2) is 36.5 Å². The smallest absolute Gasteiger partial charge is 0.224 e. The number of nitrogens with one attached hydrogen (secondary N) is 2. The van der Waals surface area contributed by atoms with Crippen molar-refractivity contribution in [1.82, 2.24) is 14.9 Å². The largest absolute Gasteiger partial charge is 0.379 e. The van der Waals surface area contributed by atoms with Gasteiger partial charge in [0.25, 0.3) is 0 Å². The quantitative estimate of drug-likeness (QED) is 0.763. The lowest BCUT2D eigenvalue weighted by Gasteiger charge is -2.26. The maximum absolute atomic E-state index is 13.6. The summed E-state index contributed by atoms with van der Waals surface area (Å²) in [4.78, 5) is 11.0. The second kappa shape index (κ2) is 9.29. The van der Waals surface area contributed by atoms with Crippen molar-refractivity contribution in [1.29, 1.82) is 0 Å². The van der Waals surface area contributed by atoms with E-state index >= 15 is 0 Å². The maximum atomic E-state index is 13.6. The van der Waals surface area contributed by atoms with Gasteiger partial charge in [-0.2, -0.15) is 4.98 Å². The third-order valence-electron chi connectivity index (χ3n) is 4.13. The van der Waals surface area contributed by atoms with Crippen LogP contribution >= 0.6 is 0 Å². The zero-order valence-electron chi connectivity index (χ0n) is 14.2. The molecule has 1 aliphatic heterocycles. The highest BCUT2D eigenvalue weighted by Gasteiger charge is 2.09. The molecule has 2 heterocycles. The number of morpholine rings is 1. The van der Waals surface area contributed by atoms with Crippen molar-refractivity contribution < 1.29 is 9.13 Å². The normalized spacial score (nSPS) is 15.1. The molecule has 0 unspecified atom stereocenters. The molecule has 0 bridgehead atoms. The Bertz CT molecular complexity index is 663. The highest BCUT2D eigenvalue weighted by Crippen LogP contribution is 2.09. The lowest BCUT2D eigenvalue weighted by molar-refractivity contribution is 0.0398. The molecule has 1 fully saturated rings. The number of hydrogen-bond donors (Lipinski definition) is 2. The molecule has 134 valence electrons. The van der Waals surface area contributed by atoms with Gasteiger partial charge < -0.3 is 15.4 Å². The van der Waals surface area contributed by atoms with Crippen molar-refractivity contribution in [2.24, 2.45) is 0 Å². The fourth-order valence-electron chi connectivity index (χ4n) is 2.72. The van der Waals surface area contributed by atoms with Gasteiger partial charge in [-0.3, -0.25) is 4.90 Å². The van der Waals surface area contributed by atoms with E-state index in [1.165, 1.54) is 6.07 Å². The molecule has 1 aliphatic rings. The molecule has 0 radical (unpaired) electrons. The minimum atomic E-state index is -0.177. The first-order valence-corrected chi connectivity index (χ1v) is 8.65. The summed E-state index contributed by atoms with van der Waals surface area (Å²) in [6, 6.07) is 8.66. The summed E-state index contributed by atoms with van der Waals surface area (Å²) in [7, 11) is 0. The van der Waals surface area contributed by atoms with Gasteiger partial charge >= 0.3 is 0 Å². The lowest BCUT2D eigenvalue weighted by atomic mass is 10.1. The van der Waals surface area contributed by atoms with Crippen LogP contribution in [0.25, 0.3) is 0 Å². The Labute approximate surface area is 147 Å². The molecule has 1 aromatic heterocycles. The first-order valence-electron chi connectivity index (χ1n) is 8.65. The lowest BCUT2D eigenvalue weighted by Crippen LogP contribution is -2.39. The number of rotatable bonds is 8. The van der Waals surface area contributed by atoms with E-state index in [1.54, 1.807) is 18.3 Å². The highest BCUT2D eigenvalue weighted by atomic mass is 19.1. The van der Waals surface area contributed by atoms with Crippen LogP contribution in [-0.4, -0.2) is 60.8 Å². The van der Waals surface area contributed by atoms with Gasteiger partial charge in [0.05, 0.1) is 13.2 Å². The molecular weight excluding hydrogens is 321 g/mol. The summed E-state index contributed by atoms with van der Waals surface area (Å²) < 4.78 is 18.9. The molecule has 0 spiro atoms. The second-order valence-electron chi connectivity index (χ2n) is 5.91. The van der Waals surface area contributed by atoms with E-state index in [0.29, 0.717) is 24.5 Å². The molecule has 3 rings (SSSR count). The molecule has 1 aromatic carbocycles. The number of anilines is 2. The maximum Gasteiger partial charge on any atom is 0.224 e. The van der Waals surface area contributed by atoms with Crippen molar-refractivity contribution in [2.45, 2.75) is 6.42 Å². The standard InChI is InChI=1S/C18H24FN5O/c19-16-4-2-1-3-15(16)5-7-21-18-22-8-6-17(23-18)20-9-10-24-11-13-25-14-12-24/h1-4,6,8H,5,7,9-14H2,(H2,20,21,22,23). The summed E-state index contributed by atoms with van der Waals surface area (Å²) >= 11 is 0. The van der Waals surface area contributed by atoms with Crippen molar-refractivity contribution >= 4 is 11.8 Å². The second-order valence-corrected chi connectivity index (χ2v) is 5.91. The van der Waals surface area contributed by atoms with E-state index in [-0.39, 0.29) is 5.82 Å². The van der Waals surface area contributed by atoms with Crippen LogP contribution < -0.4 is 10.6 Å². The number of aromatic nitrogens is 2. The highest BCUT2D eigenvalue weighted by molar-refractivity contribution is 5.39. The SMILES string of the molecule is Fc1ccccc1CCNc1nccc(NCCN2CCOCC2)n1. The summed E-state index contributed by atoms with van der Waals surface area (Å²) in [6.07, 6.45) is 2.31. The molecular formula is C18H24FN5O. The van der Waals surface area contributed by atoms with E-state index in [4.69, 9.17) is 4.74 Å². The summed E-state index contributed by atoms with van der Waals surface area (Å²) in [6.45, 7) is 5.95. The molecule has 0 amide bonds. The average Bonchev–Trinajstić information content (AvgIpc) is 2.65. The Balaban J connectivity index is 1.42. The Morgan fingerprint density at radius 2 is 1.92 bits per heavy atom. The summed E-state index contributed by atoms with van der Waals surface area (Å²) in [5.41, 5.74) is 0.690. The molecule has 6 nitrogen and oxygen atoms in total. The third-order valence-corrected chi connectivity index (χ3v) is 4.13. The predicted molar refractivity (Wildman–Crippen MR) is 96.4 cm³/mol. The molecule has 2 aromatic rings. The van der Waals surface area contributed by atoms with Gasteiger partial charge in [0.2, 0.25) is 5.95 Å². The van der Waals surface area contributed by atoms with Crippen LogP contribution in [0.5, 0.6) is 0 Å². The van der Waals surface area contributed by atoms with Gasteiger partial charge in [-0.05, 0) is 24.1 Å². The van der Waals surface area contributed by atoms with Crippen molar-refractivity contribution in [3.63, 3.8) is 0 Å². The monoisotopic (exact) mass is 345 g/mol. The molecule has 7 heteroatoms. The van der Waals surface area contributed by atoms with Crippen molar-refractivity contribution in [3.8, 4) is 0 Å². The minimum Gasteiger partial charge on any atom is -0.379 e. The molecule has 0 atom stereocenters. The van der Waals surface area contributed by atoms with Crippen LogP contribution in [0.1, 0.15) is 5.56 Å². The zero-order chi connectivity index (χ0) is 17.3. The first kappa shape index (κ1) is 17.6. The molecule has 0 aliphatic carbocycles. The Kier molecular flexibility index (Phi) is 6.53. The number of halogens is 1.